The average Bonchev–Trinajstić information content (AvgIpc) is 3.26. The number of thiazole rings is 1. The number of anilines is 1. The number of ether oxygens (including phenoxy) is 2. The van der Waals surface area contributed by atoms with Crippen molar-refractivity contribution in [3.05, 3.63) is 96.7 Å². The minimum Gasteiger partial charge on any atom is -0.496 e. The van der Waals surface area contributed by atoms with E-state index in [1.165, 1.54) is 18.3 Å². The fourth-order valence-corrected chi connectivity index (χ4v) is 6.56. The van der Waals surface area contributed by atoms with Crippen molar-refractivity contribution >= 4 is 39.7 Å². The molecule has 7 nitrogen and oxygen atoms in total. The maximum atomic E-state index is 14.1. The quantitative estimate of drug-likeness (QED) is 0.311. The van der Waals surface area contributed by atoms with Gasteiger partial charge in [0.2, 0.25) is 0 Å². The lowest BCUT2D eigenvalue weighted by molar-refractivity contribution is -0.114. The Labute approximate surface area is 237 Å². The Bertz CT molecular complexity index is 1830. The first kappa shape index (κ1) is 27.4. The summed E-state index contributed by atoms with van der Waals surface area (Å²) in [6, 6.07) is 17.1. The molecule has 1 atom stereocenters. The van der Waals surface area contributed by atoms with Crippen LogP contribution >= 0.6 is 11.3 Å². The number of nitrogens with zero attached hydrogens (tertiary/aromatic N) is 3. The molecule has 0 saturated heterocycles. The van der Waals surface area contributed by atoms with Crippen molar-refractivity contribution in [2.24, 2.45) is 4.99 Å². The number of ketones is 1. The van der Waals surface area contributed by atoms with E-state index >= 15 is 0 Å². The van der Waals surface area contributed by atoms with Gasteiger partial charge in [0, 0.05) is 47.2 Å². The lowest BCUT2D eigenvalue weighted by Crippen LogP contribution is -2.39. The number of Topliss-reactive ketones (excluding diaryl/α,β-unsaturated/α-hetero) is 1. The Hall–Kier alpha value is -4.17. The number of rotatable bonds is 8. The van der Waals surface area contributed by atoms with Crippen LogP contribution in [0.25, 0.3) is 16.8 Å². The summed E-state index contributed by atoms with van der Waals surface area (Å²) >= 11 is 1.31. The molecule has 0 fully saturated rings. The minimum atomic E-state index is -0.677. The van der Waals surface area contributed by atoms with Gasteiger partial charge in [-0.3, -0.25) is 14.2 Å². The predicted molar refractivity (Wildman–Crippen MR) is 162 cm³/mol. The maximum absolute atomic E-state index is 14.1. The summed E-state index contributed by atoms with van der Waals surface area (Å²) in [5.41, 5.74) is 3.49. The number of fused-ring (bicyclic) bond motifs is 2. The van der Waals surface area contributed by atoms with Crippen LogP contribution in [0.4, 0.5) is 5.69 Å². The summed E-state index contributed by atoms with van der Waals surface area (Å²) in [7, 11) is 3.24. The molecule has 0 radical (unpaired) electrons. The molecule has 0 spiro atoms. The third kappa shape index (κ3) is 4.62. The zero-order valence-corrected chi connectivity index (χ0v) is 24.5. The zero-order valence-electron chi connectivity index (χ0n) is 23.6. The number of hydrogen-bond donors (Lipinski definition) is 0. The summed E-state index contributed by atoms with van der Waals surface area (Å²) in [4.78, 5) is 34.7. The van der Waals surface area contributed by atoms with Crippen LogP contribution in [0.5, 0.6) is 11.5 Å². The molecule has 206 valence electrons. The van der Waals surface area contributed by atoms with Crippen molar-refractivity contribution in [3.63, 3.8) is 0 Å². The molecule has 0 bridgehead atoms. The first-order chi connectivity index (χ1) is 19.3. The first-order valence-corrected chi connectivity index (χ1v) is 14.2. The molecule has 4 aromatic rings. The number of benzene rings is 3. The van der Waals surface area contributed by atoms with Gasteiger partial charge in [-0.1, -0.05) is 41.7 Å². The molecule has 1 aliphatic heterocycles. The Kier molecular flexibility index (Phi) is 7.63. The molecule has 0 aliphatic carbocycles. The lowest BCUT2D eigenvalue weighted by Gasteiger charge is -2.27. The smallest absolute Gasteiger partial charge is 0.271 e. The van der Waals surface area contributed by atoms with E-state index in [-0.39, 0.29) is 11.3 Å². The van der Waals surface area contributed by atoms with Crippen LogP contribution in [-0.4, -0.2) is 37.7 Å². The molecular formula is C32H33N3O4S. The Morgan fingerprint density at radius 3 is 2.45 bits per heavy atom. The van der Waals surface area contributed by atoms with E-state index in [2.05, 4.69) is 18.7 Å². The highest BCUT2D eigenvalue weighted by molar-refractivity contribution is 7.07. The second kappa shape index (κ2) is 11.1. The van der Waals surface area contributed by atoms with E-state index in [1.54, 1.807) is 18.8 Å². The first-order valence-electron chi connectivity index (χ1n) is 13.3. The van der Waals surface area contributed by atoms with E-state index in [0.29, 0.717) is 32.1 Å². The molecule has 0 N–H and O–H groups in total. The Balaban J connectivity index is 1.77. The normalized spacial score (nSPS) is 15.2. The van der Waals surface area contributed by atoms with Crippen LogP contribution in [0, 0.1) is 0 Å². The number of carbonyl (C=O) groups excluding carboxylic acids is 1. The standard InChI is InChI=1S/C32H33N3O4S/c1-7-34(8-2)23-15-13-22(26(18-23)39-6)17-27-31(37)35-30(28(20(4)36)19(3)33-32(35)40-27)29-24-12-10-9-11-21(24)14-16-25(29)38-5/h9-18,30H,7-8H2,1-6H3/b27-17-/t30-/m0/s1. The summed E-state index contributed by atoms with van der Waals surface area (Å²) in [6.45, 7) is 9.34. The van der Waals surface area contributed by atoms with Crippen LogP contribution in [0.15, 0.2) is 75.7 Å². The molecule has 2 heterocycles. The van der Waals surface area contributed by atoms with Crippen LogP contribution in [0.3, 0.4) is 0 Å². The molecule has 0 unspecified atom stereocenters. The molecule has 8 heteroatoms. The van der Waals surface area contributed by atoms with Crippen LogP contribution in [0.2, 0.25) is 0 Å². The molecule has 1 aromatic heterocycles. The second-order valence-corrected chi connectivity index (χ2v) is 10.6. The summed E-state index contributed by atoms with van der Waals surface area (Å²) in [5.74, 6) is 1.16. The van der Waals surface area contributed by atoms with Crippen molar-refractivity contribution in [2.75, 3.05) is 32.2 Å². The highest BCUT2D eigenvalue weighted by Gasteiger charge is 2.33. The highest BCUT2D eigenvalue weighted by Crippen LogP contribution is 2.40. The van der Waals surface area contributed by atoms with Gasteiger partial charge in [-0.15, -0.1) is 0 Å². The number of aromatic nitrogens is 1. The van der Waals surface area contributed by atoms with E-state index in [1.807, 2.05) is 67.6 Å². The summed E-state index contributed by atoms with van der Waals surface area (Å²) in [6.07, 6.45) is 1.85. The van der Waals surface area contributed by atoms with Gasteiger partial charge in [-0.05, 0) is 62.7 Å². The number of hydrogen-bond acceptors (Lipinski definition) is 7. The number of carbonyl (C=O) groups is 1. The van der Waals surface area contributed by atoms with Crippen molar-refractivity contribution < 1.29 is 14.3 Å². The lowest BCUT2D eigenvalue weighted by atomic mass is 9.89. The fraction of sp³-hybridized carbons (Fsp3) is 0.281. The maximum Gasteiger partial charge on any atom is 0.271 e. The van der Waals surface area contributed by atoms with E-state index < -0.39 is 6.04 Å². The minimum absolute atomic E-state index is 0.135. The third-order valence-electron chi connectivity index (χ3n) is 7.46. The van der Waals surface area contributed by atoms with Crippen LogP contribution in [-0.2, 0) is 4.79 Å². The summed E-state index contributed by atoms with van der Waals surface area (Å²) < 4.78 is 13.7. The van der Waals surface area contributed by atoms with Crippen LogP contribution in [0.1, 0.15) is 44.9 Å². The molecule has 5 rings (SSSR count). The highest BCUT2D eigenvalue weighted by atomic mass is 32.1. The number of allylic oxidation sites excluding steroid dienone is 2. The van der Waals surface area contributed by atoms with Gasteiger partial charge in [-0.25, -0.2) is 4.99 Å². The fourth-order valence-electron chi connectivity index (χ4n) is 5.53. The van der Waals surface area contributed by atoms with Gasteiger partial charge in [0.05, 0.1) is 24.8 Å². The molecule has 0 saturated carbocycles. The molecule has 40 heavy (non-hydrogen) atoms. The van der Waals surface area contributed by atoms with Crippen molar-refractivity contribution in [3.8, 4) is 11.5 Å². The molecular weight excluding hydrogens is 522 g/mol. The van der Waals surface area contributed by atoms with Gasteiger partial charge in [-0.2, -0.15) is 0 Å². The topological polar surface area (TPSA) is 73.1 Å². The van der Waals surface area contributed by atoms with Gasteiger partial charge in [0.25, 0.3) is 5.56 Å². The summed E-state index contributed by atoms with van der Waals surface area (Å²) in [5, 5.41) is 1.92. The van der Waals surface area contributed by atoms with Gasteiger partial charge >= 0.3 is 0 Å². The zero-order chi connectivity index (χ0) is 28.6. The SMILES string of the molecule is CCN(CC)c1ccc(/C=c2\sc3n(c2=O)[C@H](c2c(OC)ccc4ccccc24)C(C(C)=O)=C(C)N=3)c(OC)c1. The van der Waals surface area contributed by atoms with Crippen LogP contribution < -0.4 is 29.3 Å². The van der Waals surface area contributed by atoms with E-state index in [9.17, 15) is 9.59 Å². The second-order valence-electron chi connectivity index (χ2n) is 9.64. The molecule has 1 aliphatic rings. The van der Waals surface area contributed by atoms with Crippen molar-refractivity contribution in [1.29, 1.82) is 0 Å². The van der Waals surface area contributed by atoms with Crippen molar-refractivity contribution in [2.45, 2.75) is 33.7 Å². The third-order valence-corrected chi connectivity index (χ3v) is 8.44. The van der Waals surface area contributed by atoms with Gasteiger partial charge in [0.15, 0.2) is 10.6 Å². The van der Waals surface area contributed by atoms with E-state index in [4.69, 9.17) is 14.5 Å². The Morgan fingerprint density at radius 1 is 1.05 bits per heavy atom. The molecule has 3 aromatic carbocycles. The largest absolute Gasteiger partial charge is 0.496 e. The number of methoxy groups -OCH3 is 2. The predicted octanol–water partition coefficient (Wildman–Crippen LogP) is 4.84. The van der Waals surface area contributed by atoms with Crippen molar-refractivity contribution in [1.82, 2.24) is 4.57 Å². The monoisotopic (exact) mass is 555 g/mol. The van der Waals surface area contributed by atoms with Gasteiger partial charge in [0.1, 0.15) is 11.5 Å². The Morgan fingerprint density at radius 2 is 1.77 bits per heavy atom. The average molecular weight is 556 g/mol. The van der Waals surface area contributed by atoms with E-state index in [0.717, 1.165) is 40.7 Å². The van der Waals surface area contributed by atoms with Gasteiger partial charge < -0.3 is 14.4 Å². The molecule has 0 amide bonds.